The Morgan fingerprint density at radius 3 is 2.90 bits per heavy atom. The van der Waals surface area contributed by atoms with E-state index in [1.165, 1.54) is 25.9 Å². The average molecular weight is 353 g/mol. The molecule has 2 fully saturated rings. The van der Waals surface area contributed by atoms with E-state index in [-0.39, 0.29) is 5.84 Å². The van der Waals surface area contributed by atoms with E-state index in [2.05, 4.69) is 37.0 Å². The van der Waals surface area contributed by atoms with E-state index in [9.17, 15) is 0 Å². The van der Waals surface area contributed by atoms with Crippen molar-refractivity contribution >= 4 is 27.5 Å². The molecule has 2 heterocycles. The molecular formula is C15H21BrN4O. The molecule has 0 bridgehead atoms. The van der Waals surface area contributed by atoms with Crippen molar-refractivity contribution in [3.05, 3.63) is 28.2 Å². The number of oxime groups is 1. The number of hydrogen-bond donors (Lipinski definition) is 2. The monoisotopic (exact) mass is 352 g/mol. The van der Waals surface area contributed by atoms with Crippen LogP contribution in [0.25, 0.3) is 0 Å². The fourth-order valence-corrected chi connectivity index (χ4v) is 3.83. The summed E-state index contributed by atoms with van der Waals surface area (Å²) in [7, 11) is 0. The zero-order valence-corrected chi connectivity index (χ0v) is 13.6. The van der Waals surface area contributed by atoms with E-state index >= 15 is 0 Å². The first kappa shape index (κ1) is 14.7. The summed E-state index contributed by atoms with van der Waals surface area (Å²) in [4.78, 5) is 4.98. The fourth-order valence-electron chi connectivity index (χ4n) is 3.47. The number of anilines is 1. The molecule has 2 aliphatic rings. The molecule has 3 rings (SSSR count). The van der Waals surface area contributed by atoms with Gasteiger partial charge in [0.1, 0.15) is 0 Å². The first-order valence-electron chi connectivity index (χ1n) is 7.45. The van der Waals surface area contributed by atoms with E-state index < -0.39 is 0 Å². The third-order valence-corrected chi connectivity index (χ3v) is 4.98. The lowest BCUT2D eigenvalue weighted by atomic mass is 10.1. The van der Waals surface area contributed by atoms with Crippen LogP contribution < -0.4 is 10.6 Å². The zero-order valence-electron chi connectivity index (χ0n) is 12.0. The maximum Gasteiger partial charge on any atom is 0.172 e. The van der Waals surface area contributed by atoms with Crippen LogP contribution >= 0.6 is 15.9 Å². The van der Waals surface area contributed by atoms with Crippen molar-refractivity contribution < 1.29 is 5.21 Å². The van der Waals surface area contributed by atoms with Gasteiger partial charge >= 0.3 is 0 Å². The van der Waals surface area contributed by atoms with Gasteiger partial charge in [0.25, 0.3) is 0 Å². The summed E-state index contributed by atoms with van der Waals surface area (Å²) in [6, 6.07) is 6.63. The van der Waals surface area contributed by atoms with Crippen LogP contribution in [0.2, 0.25) is 0 Å². The van der Waals surface area contributed by atoms with Gasteiger partial charge in [-0.3, -0.25) is 4.90 Å². The molecular weight excluding hydrogens is 332 g/mol. The van der Waals surface area contributed by atoms with Crippen LogP contribution in [0.1, 0.15) is 24.8 Å². The second-order valence-electron chi connectivity index (χ2n) is 5.78. The predicted molar refractivity (Wildman–Crippen MR) is 88.1 cm³/mol. The van der Waals surface area contributed by atoms with Crippen molar-refractivity contribution in [1.82, 2.24) is 4.90 Å². The molecule has 6 heteroatoms. The third kappa shape index (κ3) is 3.01. The van der Waals surface area contributed by atoms with Crippen LogP contribution in [-0.2, 0) is 0 Å². The SMILES string of the molecule is N/C(=N/O)c1cc(Br)ccc1N1CCCN2CCCC2C1. The molecule has 3 N–H and O–H groups in total. The van der Waals surface area contributed by atoms with E-state index in [0.29, 0.717) is 6.04 Å². The second-order valence-corrected chi connectivity index (χ2v) is 6.69. The van der Waals surface area contributed by atoms with E-state index in [4.69, 9.17) is 10.9 Å². The number of nitrogens with two attached hydrogens (primary N) is 1. The molecule has 1 aromatic rings. The molecule has 1 atom stereocenters. The van der Waals surface area contributed by atoms with Crippen LogP contribution in [0.4, 0.5) is 5.69 Å². The van der Waals surface area contributed by atoms with Gasteiger partial charge in [0.2, 0.25) is 0 Å². The number of fused-ring (bicyclic) bond motifs is 1. The lowest BCUT2D eigenvalue weighted by Crippen LogP contribution is -2.37. The number of rotatable bonds is 2. The van der Waals surface area contributed by atoms with Gasteiger partial charge in [0, 0.05) is 41.4 Å². The summed E-state index contributed by atoms with van der Waals surface area (Å²) >= 11 is 3.46. The number of nitrogens with zero attached hydrogens (tertiary/aromatic N) is 3. The molecule has 0 saturated carbocycles. The molecule has 0 aliphatic carbocycles. The minimum atomic E-state index is 0.166. The summed E-state index contributed by atoms with van der Waals surface area (Å²) in [6.07, 6.45) is 3.72. The Morgan fingerprint density at radius 2 is 2.10 bits per heavy atom. The first-order valence-corrected chi connectivity index (χ1v) is 8.25. The largest absolute Gasteiger partial charge is 0.409 e. The molecule has 1 aromatic carbocycles. The van der Waals surface area contributed by atoms with E-state index in [1.807, 2.05) is 12.1 Å². The molecule has 0 spiro atoms. The van der Waals surface area contributed by atoms with Crippen molar-refractivity contribution in [1.29, 1.82) is 0 Å². The van der Waals surface area contributed by atoms with Crippen LogP contribution in [0.15, 0.2) is 27.8 Å². The second kappa shape index (κ2) is 6.23. The minimum absolute atomic E-state index is 0.166. The van der Waals surface area contributed by atoms with Gasteiger partial charge in [0.05, 0.1) is 0 Å². The van der Waals surface area contributed by atoms with Crippen LogP contribution in [0, 0.1) is 0 Å². The highest BCUT2D eigenvalue weighted by Crippen LogP contribution is 2.29. The summed E-state index contributed by atoms with van der Waals surface area (Å²) in [5.74, 6) is 0.166. The van der Waals surface area contributed by atoms with Gasteiger partial charge in [-0.05, 0) is 44.0 Å². The quantitative estimate of drug-likeness (QED) is 0.370. The molecule has 114 valence electrons. The van der Waals surface area contributed by atoms with Crippen LogP contribution in [0.3, 0.4) is 0 Å². The molecule has 2 aliphatic heterocycles. The molecule has 1 unspecified atom stereocenters. The van der Waals surface area contributed by atoms with E-state index in [0.717, 1.165) is 35.2 Å². The normalized spacial score (nSPS) is 24.0. The highest BCUT2D eigenvalue weighted by atomic mass is 79.9. The highest BCUT2D eigenvalue weighted by Gasteiger charge is 2.29. The third-order valence-electron chi connectivity index (χ3n) is 4.49. The Labute approximate surface area is 133 Å². The van der Waals surface area contributed by atoms with Gasteiger partial charge in [-0.15, -0.1) is 0 Å². The summed E-state index contributed by atoms with van der Waals surface area (Å²) < 4.78 is 0.935. The summed E-state index contributed by atoms with van der Waals surface area (Å²) in [5, 5.41) is 12.2. The van der Waals surface area contributed by atoms with Gasteiger partial charge in [-0.25, -0.2) is 0 Å². The average Bonchev–Trinajstić information content (AvgIpc) is 2.83. The van der Waals surface area contributed by atoms with Gasteiger partial charge in [-0.1, -0.05) is 21.1 Å². The molecule has 2 saturated heterocycles. The van der Waals surface area contributed by atoms with Crippen molar-refractivity contribution in [3.63, 3.8) is 0 Å². The molecule has 0 amide bonds. The van der Waals surface area contributed by atoms with Crippen molar-refractivity contribution in [2.75, 3.05) is 31.1 Å². The van der Waals surface area contributed by atoms with Gasteiger partial charge in [-0.2, -0.15) is 0 Å². The zero-order chi connectivity index (χ0) is 14.8. The number of benzene rings is 1. The smallest absolute Gasteiger partial charge is 0.172 e. The molecule has 0 radical (unpaired) electrons. The number of halogens is 1. The Morgan fingerprint density at radius 1 is 1.29 bits per heavy atom. The van der Waals surface area contributed by atoms with E-state index in [1.54, 1.807) is 0 Å². The molecule has 21 heavy (non-hydrogen) atoms. The predicted octanol–water partition coefficient (Wildman–Crippen LogP) is 2.22. The number of hydrogen-bond acceptors (Lipinski definition) is 4. The van der Waals surface area contributed by atoms with Crippen molar-refractivity contribution in [2.45, 2.75) is 25.3 Å². The summed E-state index contributed by atoms with van der Waals surface area (Å²) in [6.45, 7) is 4.44. The molecule has 5 nitrogen and oxygen atoms in total. The minimum Gasteiger partial charge on any atom is -0.409 e. The lowest BCUT2D eigenvalue weighted by Gasteiger charge is -2.29. The Balaban J connectivity index is 1.92. The highest BCUT2D eigenvalue weighted by molar-refractivity contribution is 9.10. The topological polar surface area (TPSA) is 65.1 Å². The van der Waals surface area contributed by atoms with Crippen molar-refractivity contribution in [3.8, 4) is 0 Å². The fraction of sp³-hybridized carbons (Fsp3) is 0.533. The van der Waals surface area contributed by atoms with Crippen molar-refractivity contribution in [2.24, 2.45) is 10.9 Å². The Hall–Kier alpha value is -1.27. The Bertz CT molecular complexity index is 548. The standard InChI is InChI=1S/C15H21BrN4O/c16-11-4-5-14(13(9-11)15(17)18-21)20-8-2-7-19-6-1-3-12(19)10-20/h4-5,9,12,21H,1-3,6-8,10H2,(H2,17,18). The first-order chi connectivity index (χ1) is 10.2. The summed E-state index contributed by atoms with van der Waals surface area (Å²) in [5.41, 5.74) is 7.71. The number of amidine groups is 1. The Kier molecular flexibility index (Phi) is 4.35. The van der Waals surface area contributed by atoms with Gasteiger partial charge < -0.3 is 15.8 Å². The maximum absolute atomic E-state index is 9.03. The maximum atomic E-state index is 9.03. The molecule has 0 aromatic heterocycles. The van der Waals surface area contributed by atoms with Crippen LogP contribution in [-0.4, -0.2) is 48.2 Å². The lowest BCUT2D eigenvalue weighted by molar-refractivity contribution is 0.273. The van der Waals surface area contributed by atoms with Gasteiger partial charge in [0.15, 0.2) is 5.84 Å². The van der Waals surface area contributed by atoms with Crippen LogP contribution in [0.5, 0.6) is 0 Å².